The van der Waals surface area contributed by atoms with E-state index in [2.05, 4.69) is 15.3 Å². The molecule has 3 rings (SSSR count). The predicted octanol–water partition coefficient (Wildman–Crippen LogP) is 4.06. The van der Waals surface area contributed by atoms with Crippen LogP contribution >= 0.6 is 0 Å². The second-order valence-electron chi connectivity index (χ2n) is 6.58. The number of aliphatic hydroxyl groups is 1. The van der Waals surface area contributed by atoms with Gasteiger partial charge in [-0.15, -0.1) is 0 Å². The molecule has 2 heterocycles. The molecule has 0 aliphatic heterocycles. The van der Waals surface area contributed by atoms with Crippen molar-refractivity contribution < 1.29 is 19.4 Å². The van der Waals surface area contributed by atoms with Crippen LogP contribution < -0.4 is 5.32 Å². The van der Waals surface area contributed by atoms with Gasteiger partial charge in [-0.05, 0) is 49.4 Å². The van der Waals surface area contributed by atoms with E-state index in [1.807, 2.05) is 6.07 Å². The average molecular weight is 355 g/mol. The van der Waals surface area contributed by atoms with Crippen LogP contribution in [0.3, 0.4) is 0 Å². The first-order valence-electron chi connectivity index (χ1n) is 7.95. The Morgan fingerprint density at radius 1 is 1.15 bits per heavy atom. The van der Waals surface area contributed by atoms with Crippen LogP contribution in [0.4, 0.5) is 15.0 Å². The molecule has 0 bridgehead atoms. The minimum atomic E-state index is -1.37. The largest absolute Gasteiger partial charge is 0.465 e. The molecule has 0 saturated heterocycles. The average Bonchev–Trinajstić information content (AvgIpc) is 2.55. The van der Waals surface area contributed by atoms with Gasteiger partial charge in [-0.1, -0.05) is 12.1 Å². The highest BCUT2D eigenvalue weighted by Gasteiger charge is 2.25. The number of rotatable bonds is 3. The highest BCUT2D eigenvalue weighted by Crippen LogP contribution is 2.31. The third kappa shape index (κ3) is 3.34. The van der Waals surface area contributed by atoms with Crippen LogP contribution in [0.1, 0.15) is 25.1 Å². The Kier molecular flexibility index (Phi) is 4.33. The number of hydrogen-bond acceptors (Lipinski definition) is 4. The number of pyridine rings is 2. The number of fused-ring (bicyclic) bond motifs is 1. The molecule has 0 fully saturated rings. The van der Waals surface area contributed by atoms with Gasteiger partial charge in [0.15, 0.2) is 5.82 Å². The summed E-state index contributed by atoms with van der Waals surface area (Å²) in [6.45, 7) is 4.62. The zero-order valence-electron chi connectivity index (χ0n) is 14.5. The summed E-state index contributed by atoms with van der Waals surface area (Å²) in [4.78, 5) is 18.9. The van der Waals surface area contributed by atoms with Crippen molar-refractivity contribution in [3.05, 3.63) is 53.7 Å². The quantitative estimate of drug-likeness (QED) is 0.658. The number of amides is 1. The lowest BCUT2D eigenvalue weighted by atomic mass is 9.96. The van der Waals surface area contributed by atoms with Crippen LogP contribution in [0.25, 0.3) is 21.9 Å². The molecule has 1 amide bonds. The SMILES string of the molecule is Cc1c(-c2ccc3cc(NC(=O)O)ncc3c2)cnc(C(C)(C)O)c1F. The van der Waals surface area contributed by atoms with E-state index in [0.29, 0.717) is 11.1 Å². The molecule has 1 aromatic carbocycles. The van der Waals surface area contributed by atoms with E-state index < -0.39 is 17.5 Å². The first-order chi connectivity index (χ1) is 12.2. The topological polar surface area (TPSA) is 95.3 Å². The van der Waals surface area contributed by atoms with Gasteiger partial charge in [0.05, 0.1) is 0 Å². The molecule has 134 valence electrons. The number of benzene rings is 1. The molecule has 0 aliphatic carbocycles. The van der Waals surface area contributed by atoms with Gasteiger partial charge < -0.3 is 10.2 Å². The van der Waals surface area contributed by atoms with Gasteiger partial charge in [0, 0.05) is 23.3 Å². The fraction of sp³-hybridized carbons (Fsp3) is 0.211. The monoisotopic (exact) mass is 355 g/mol. The van der Waals surface area contributed by atoms with Gasteiger partial charge in [-0.2, -0.15) is 0 Å². The molecule has 7 heteroatoms. The van der Waals surface area contributed by atoms with Gasteiger partial charge in [-0.3, -0.25) is 10.3 Å². The third-order valence-corrected chi connectivity index (χ3v) is 4.11. The second kappa shape index (κ2) is 6.34. The molecule has 3 N–H and O–H groups in total. The van der Waals surface area contributed by atoms with Crippen molar-refractivity contribution in [2.45, 2.75) is 26.4 Å². The molecule has 0 spiro atoms. The Hall–Kier alpha value is -3.06. The molecule has 26 heavy (non-hydrogen) atoms. The molecule has 2 aromatic heterocycles. The van der Waals surface area contributed by atoms with Crippen molar-refractivity contribution in [2.75, 3.05) is 5.32 Å². The molecule has 3 aromatic rings. The van der Waals surface area contributed by atoms with Crippen LogP contribution in [0.15, 0.2) is 36.7 Å². The Bertz CT molecular complexity index is 1010. The Labute approximate surface area is 149 Å². The summed E-state index contributed by atoms with van der Waals surface area (Å²) in [5.74, 6) is -0.301. The smallest absolute Gasteiger partial charge is 0.410 e. The maximum Gasteiger partial charge on any atom is 0.410 e. The summed E-state index contributed by atoms with van der Waals surface area (Å²) < 4.78 is 14.6. The Morgan fingerprint density at radius 3 is 2.54 bits per heavy atom. The van der Waals surface area contributed by atoms with E-state index in [1.165, 1.54) is 13.8 Å². The van der Waals surface area contributed by atoms with Crippen LogP contribution in [0.5, 0.6) is 0 Å². The van der Waals surface area contributed by atoms with Crippen molar-refractivity contribution >= 4 is 22.7 Å². The number of hydrogen-bond donors (Lipinski definition) is 3. The van der Waals surface area contributed by atoms with Crippen molar-refractivity contribution in [3.8, 4) is 11.1 Å². The van der Waals surface area contributed by atoms with Crippen molar-refractivity contribution in [1.29, 1.82) is 0 Å². The number of carboxylic acid groups (broad SMARTS) is 1. The van der Waals surface area contributed by atoms with Gasteiger partial charge in [0.1, 0.15) is 17.1 Å². The van der Waals surface area contributed by atoms with Crippen LogP contribution in [-0.2, 0) is 5.60 Å². The highest BCUT2D eigenvalue weighted by atomic mass is 19.1. The summed E-state index contributed by atoms with van der Waals surface area (Å²) in [5.41, 5.74) is 0.405. The van der Waals surface area contributed by atoms with Crippen molar-refractivity contribution in [3.63, 3.8) is 0 Å². The molecular formula is C19H18FN3O3. The maximum atomic E-state index is 14.6. The first-order valence-corrected chi connectivity index (χ1v) is 7.95. The van der Waals surface area contributed by atoms with Crippen LogP contribution in [-0.4, -0.2) is 26.3 Å². The van der Waals surface area contributed by atoms with Gasteiger partial charge in [0.2, 0.25) is 0 Å². The number of anilines is 1. The minimum absolute atomic E-state index is 0.00518. The molecule has 0 atom stereocenters. The van der Waals surface area contributed by atoms with E-state index in [-0.39, 0.29) is 11.5 Å². The maximum absolute atomic E-state index is 14.6. The lowest BCUT2D eigenvalue weighted by molar-refractivity contribution is 0.0693. The van der Waals surface area contributed by atoms with E-state index in [1.54, 1.807) is 37.5 Å². The van der Waals surface area contributed by atoms with E-state index in [9.17, 15) is 14.3 Å². The van der Waals surface area contributed by atoms with E-state index in [0.717, 1.165) is 16.3 Å². The number of carbonyl (C=O) groups is 1. The van der Waals surface area contributed by atoms with Crippen molar-refractivity contribution in [2.24, 2.45) is 0 Å². The summed E-state index contributed by atoms with van der Waals surface area (Å²) in [5, 5.41) is 22.6. The number of nitrogens with one attached hydrogen (secondary N) is 1. The molecular weight excluding hydrogens is 337 g/mol. The van der Waals surface area contributed by atoms with Gasteiger partial charge in [-0.25, -0.2) is 14.2 Å². The molecule has 6 nitrogen and oxygen atoms in total. The lowest BCUT2D eigenvalue weighted by Crippen LogP contribution is -2.20. The summed E-state index contributed by atoms with van der Waals surface area (Å²) in [6.07, 6.45) is 1.91. The first kappa shape index (κ1) is 17.8. The molecule has 0 unspecified atom stereocenters. The zero-order valence-corrected chi connectivity index (χ0v) is 14.5. The highest BCUT2D eigenvalue weighted by molar-refractivity contribution is 5.91. The zero-order chi connectivity index (χ0) is 19.1. The fourth-order valence-electron chi connectivity index (χ4n) is 2.78. The third-order valence-electron chi connectivity index (χ3n) is 4.11. The Morgan fingerprint density at radius 2 is 1.88 bits per heavy atom. The molecule has 0 radical (unpaired) electrons. The van der Waals surface area contributed by atoms with Crippen molar-refractivity contribution in [1.82, 2.24) is 9.97 Å². The Balaban J connectivity index is 2.06. The van der Waals surface area contributed by atoms with E-state index in [4.69, 9.17) is 5.11 Å². The number of aromatic nitrogens is 2. The number of halogens is 1. The number of nitrogens with zero attached hydrogens (tertiary/aromatic N) is 2. The summed E-state index contributed by atoms with van der Waals surface area (Å²) in [7, 11) is 0. The molecule has 0 saturated carbocycles. The van der Waals surface area contributed by atoms with E-state index >= 15 is 0 Å². The summed E-state index contributed by atoms with van der Waals surface area (Å²) >= 11 is 0. The summed E-state index contributed by atoms with van der Waals surface area (Å²) in [6, 6.07) is 7.07. The minimum Gasteiger partial charge on any atom is -0.465 e. The second-order valence-corrected chi connectivity index (χ2v) is 6.58. The molecule has 0 aliphatic rings. The van der Waals surface area contributed by atoms with Crippen LogP contribution in [0.2, 0.25) is 0 Å². The van der Waals surface area contributed by atoms with Gasteiger partial charge in [0.25, 0.3) is 0 Å². The lowest BCUT2D eigenvalue weighted by Gasteiger charge is -2.19. The van der Waals surface area contributed by atoms with Gasteiger partial charge >= 0.3 is 6.09 Å². The van der Waals surface area contributed by atoms with Crippen LogP contribution in [0, 0.1) is 12.7 Å². The standard InChI is InChI=1S/C19H18FN3O3/c1-10-14(9-22-17(16(10)20)19(2,3)26)12-5-4-11-7-15(23-18(24)25)21-8-13(11)6-12/h4-9,26H,1-3H3,(H,21,23)(H,24,25). The fourth-order valence-corrected chi connectivity index (χ4v) is 2.78. The normalized spacial score (nSPS) is 11.6. The predicted molar refractivity (Wildman–Crippen MR) is 96.6 cm³/mol.